The van der Waals surface area contributed by atoms with Gasteiger partial charge in [0.25, 0.3) is 0 Å². The number of methoxy groups -OCH3 is 1. The maximum atomic E-state index is 13.7. The number of hydrogen-bond donors (Lipinski definition) is 2. The smallest absolute Gasteiger partial charge is 0.228 e. The number of carbonyl (C=O) groups excluding carboxylic acids is 1. The van der Waals surface area contributed by atoms with Crippen LogP contribution in [0, 0.1) is 5.82 Å². The van der Waals surface area contributed by atoms with Crippen molar-refractivity contribution < 1.29 is 13.9 Å². The van der Waals surface area contributed by atoms with Crippen molar-refractivity contribution in [2.24, 2.45) is 0 Å². The van der Waals surface area contributed by atoms with Gasteiger partial charge < -0.3 is 10.1 Å². The van der Waals surface area contributed by atoms with E-state index >= 15 is 0 Å². The van der Waals surface area contributed by atoms with E-state index in [1.54, 1.807) is 42.7 Å². The lowest BCUT2D eigenvalue weighted by Crippen LogP contribution is -2.15. The number of fused-ring (bicyclic) bond motifs is 1. The molecule has 7 heteroatoms. The van der Waals surface area contributed by atoms with E-state index in [0.29, 0.717) is 28.1 Å². The number of nitrogens with one attached hydrogen (secondary N) is 2. The van der Waals surface area contributed by atoms with Gasteiger partial charge in [0, 0.05) is 18.0 Å². The average molecular weight is 376 g/mol. The van der Waals surface area contributed by atoms with Crippen LogP contribution >= 0.6 is 0 Å². The van der Waals surface area contributed by atoms with Crippen LogP contribution in [0.2, 0.25) is 0 Å². The molecule has 0 saturated carbocycles. The number of H-pyrrole nitrogens is 1. The van der Waals surface area contributed by atoms with E-state index in [0.717, 1.165) is 11.1 Å². The summed E-state index contributed by atoms with van der Waals surface area (Å²) in [5, 5.41) is 10.8. The molecule has 4 rings (SSSR count). The quantitative estimate of drug-likeness (QED) is 0.553. The van der Waals surface area contributed by atoms with E-state index in [1.807, 2.05) is 6.07 Å². The van der Waals surface area contributed by atoms with E-state index < -0.39 is 0 Å². The predicted molar refractivity (Wildman–Crippen MR) is 105 cm³/mol. The highest BCUT2D eigenvalue weighted by Crippen LogP contribution is 2.39. The Morgan fingerprint density at radius 1 is 1.21 bits per heavy atom. The summed E-state index contributed by atoms with van der Waals surface area (Å²) in [6.45, 7) is 0. The molecule has 4 aromatic rings. The van der Waals surface area contributed by atoms with Crippen molar-refractivity contribution in [3.63, 3.8) is 0 Å². The molecule has 2 heterocycles. The number of rotatable bonds is 5. The molecule has 2 aromatic carbocycles. The number of amides is 1. The molecule has 0 spiro atoms. The monoisotopic (exact) mass is 376 g/mol. The number of pyridine rings is 1. The first kappa shape index (κ1) is 17.7. The molecule has 0 bridgehead atoms. The Labute approximate surface area is 160 Å². The van der Waals surface area contributed by atoms with Crippen LogP contribution in [0.25, 0.3) is 22.2 Å². The molecule has 140 valence electrons. The van der Waals surface area contributed by atoms with E-state index in [-0.39, 0.29) is 18.1 Å². The molecule has 2 aromatic heterocycles. The fourth-order valence-corrected chi connectivity index (χ4v) is 3.12. The number of nitrogens with zero attached hydrogens (tertiary/aromatic N) is 2. The molecule has 2 N–H and O–H groups in total. The molecule has 0 radical (unpaired) electrons. The average Bonchev–Trinajstić information content (AvgIpc) is 3.13. The van der Waals surface area contributed by atoms with Gasteiger partial charge >= 0.3 is 0 Å². The minimum Gasteiger partial charge on any atom is -0.494 e. The molecule has 6 nitrogen and oxygen atoms in total. The fraction of sp³-hybridized carbons (Fsp3) is 0.0952. The third-order valence-corrected chi connectivity index (χ3v) is 4.35. The van der Waals surface area contributed by atoms with Crippen LogP contribution in [0.3, 0.4) is 0 Å². The summed E-state index contributed by atoms with van der Waals surface area (Å²) in [5.41, 5.74) is 3.21. The van der Waals surface area contributed by atoms with Gasteiger partial charge in [-0.3, -0.25) is 14.9 Å². The molecular weight excluding hydrogens is 359 g/mol. The number of aromatic amines is 1. The van der Waals surface area contributed by atoms with E-state index in [1.165, 1.54) is 19.2 Å². The number of hydrogen-bond acceptors (Lipinski definition) is 4. The highest BCUT2D eigenvalue weighted by Gasteiger charge is 2.18. The van der Waals surface area contributed by atoms with Crippen molar-refractivity contribution in [1.29, 1.82) is 0 Å². The normalized spacial score (nSPS) is 10.8. The van der Waals surface area contributed by atoms with Crippen LogP contribution in [0.4, 0.5) is 10.1 Å². The second-order valence-corrected chi connectivity index (χ2v) is 6.24. The maximum Gasteiger partial charge on any atom is 0.228 e. The lowest BCUT2D eigenvalue weighted by atomic mass is 10.1. The first-order valence-corrected chi connectivity index (χ1v) is 8.65. The second kappa shape index (κ2) is 7.48. The Kier molecular flexibility index (Phi) is 4.72. The minimum absolute atomic E-state index is 0.192. The Morgan fingerprint density at radius 2 is 2.11 bits per heavy atom. The van der Waals surface area contributed by atoms with Crippen LogP contribution < -0.4 is 10.1 Å². The van der Waals surface area contributed by atoms with Crippen molar-refractivity contribution in [3.8, 4) is 17.0 Å². The van der Waals surface area contributed by atoms with E-state index in [4.69, 9.17) is 4.74 Å². The number of anilines is 1. The first-order chi connectivity index (χ1) is 13.7. The summed E-state index contributed by atoms with van der Waals surface area (Å²) in [6, 6.07) is 13.3. The molecule has 0 aliphatic rings. The maximum absolute atomic E-state index is 13.7. The standard InChI is InChI=1S/C21H17FN4O2/c1-28-21-17(24-18(27)10-13-4-3-9-23-12-13)8-7-16-19(21)20(26-25-16)14-5-2-6-15(22)11-14/h2-9,11-12H,10H2,1H3,(H,24,27)(H,25,26). The second-order valence-electron chi connectivity index (χ2n) is 6.24. The SMILES string of the molecule is COc1c(NC(=O)Cc2cccnc2)ccc2[nH]nc(-c3cccc(F)c3)c12. The van der Waals surface area contributed by atoms with Crippen LogP contribution in [0.5, 0.6) is 5.75 Å². The Bertz CT molecular complexity index is 1140. The molecule has 28 heavy (non-hydrogen) atoms. The summed E-state index contributed by atoms with van der Waals surface area (Å²) in [4.78, 5) is 16.5. The molecular formula is C21H17FN4O2. The van der Waals surface area contributed by atoms with Gasteiger partial charge in [-0.1, -0.05) is 18.2 Å². The number of benzene rings is 2. The van der Waals surface area contributed by atoms with Gasteiger partial charge in [-0.2, -0.15) is 5.10 Å². The summed E-state index contributed by atoms with van der Waals surface area (Å²) < 4.78 is 19.2. The molecule has 1 amide bonds. The van der Waals surface area contributed by atoms with Gasteiger partial charge in [0.1, 0.15) is 11.5 Å². The van der Waals surface area contributed by atoms with Gasteiger partial charge in [0.15, 0.2) is 5.75 Å². The number of ether oxygens (including phenoxy) is 1. The zero-order valence-corrected chi connectivity index (χ0v) is 15.1. The van der Waals surface area contributed by atoms with Gasteiger partial charge in [0.05, 0.1) is 30.1 Å². The number of carbonyl (C=O) groups is 1. The molecule has 0 saturated heterocycles. The van der Waals surface area contributed by atoms with Crippen LogP contribution in [0.1, 0.15) is 5.56 Å². The largest absolute Gasteiger partial charge is 0.494 e. The zero-order valence-electron chi connectivity index (χ0n) is 15.1. The Morgan fingerprint density at radius 3 is 2.86 bits per heavy atom. The van der Waals surface area contributed by atoms with Crippen LogP contribution in [0.15, 0.2) is 60.9 Å². The van der Waals surface area contributed by atoms with Crippen molar-refractivity contribution in [2.75, 3.05) is 12.4 Å². The van der Waals surface area contributed by atoms with Gasteiger partial charge in [-0.25, -0.2) is 4.39 Å². The third-order valence-electron chi connectivity index (χ3n) is 4.35. The lowest BCUT2D eigenvalue weighted by Gasteiger charge is -2.12. The highest BCUT2D eigenvalue weighted by molar-refractivity contribution is 6.04. The van der Waals surface area contributed by atoms with E-state index in [2.05, 4.69) is 20.5 Å². The van der Waals surface area contributed by atoms with Crippen molar-refractivity contribution in [1.82, 2.24) is 15.2 Å². The van der Waals surface area contributed by atoms with Gasteiger partial charge in [-0.15, -0.1) is 0 Å². The van der Waals surface area contributed by atoms with Crippen molar-refractivity contribution in [3.05, 3.63) is 72.3 Å². The molecule has 0 fully saturated rings. The predicted octanol–water partition coefficient (Wildman–Crippen LogP) is 3.95. The zero-order chi connectivity index (χ0) is 19.5. The summed E-state index contributed by atoms with van der Waals surface area (Å²) in [5.74, 6) is -0.0833. The van der Waals surface area contributed by atoms with Crippen LogP contribution in [-0.4, -0.2) is 28.2 Å². The topological polar surface area (TPSA) is 79.9 Å². The van der Waals surface area contributed by atoms with Crippen molar-refractivity contribution >= 4 is 22.5 Å². The third kappa shape index (κ3) is 3.42. The molecule has 0 aliphatic heterocycles. The Balaban J connectivity index is 1.71. The first-order valence-electron chi connectivity index (χ1n) is 8.65. The van der Waals surface area contributed by atoms with E-state index in [9.17, 15) is 9.18 Å². The number of halogens is 1. The summed E-state index contributed by atoms with van der Waals surface area (Å²) in [6.07, 6.45) is 3.50. The Hall–Kier alpha value is -3.74. The van der Waals surface area contributed by atoms with Gasteiger partial charge in [-0.05, 0) is 35.9 Å². The minimum atomic E-state index is -0.353. The highest BCUT2D eigenvalue weighted by atomic mass is 19.1. The number of aromatic nitrogens is 3. The molecule has 0 unspecified atom stereocenters. The summed E-state index contributed by atoms with van der Waals surface area (Å²) in [7, 11) is 1.52. The van der Waals surface area contributed by atoms with Crippen LogP contribution in [-0.2, 0) is 11.2 Å². The fourth-order valence-electron chi connectivity index (χ4n) is 3.12. The molecule has 0 atom stereocenters. The van der Waals surface area contributed by atoms with Crippen molar-refractivity contribution in [2.45, 2.75) is 6.42 Å². The lowest BCUT2D eigenvalue weighted by molar-refractivity contribution is -0.115. The van der Waals surface area contributed by atoms with Gasteiger partial charge in [0.2, 0.25) is 5.91 Å². The summed E-state index contributed by atoms with van der Waals surface area (Å²) >= 11 is 0. The molecule has 0 aliphatic carbocycles.